The summed E-state index contributed by atoms with van der Waals surface area (Å²) in [5.74, 6) is -0.269. The van der Waals surface area contributed by atoms with Crippen LogP contribution in [0.4, 0.5) is 4.39 Å². The van der Waals surface area contributed by atoms with Gasteiger partial charge >= 0.3 is 0 Å². The van der Waals surface area contributed by atoms with Crippen molar-refractivity contribution in [3.63, 3.8) is 0 Å². The lowest BCUT2D eigenvalue weighted by Crippen LogP contribution is -2.23. The summed E-state index contributed by atoms with van der Waals surface area (Å²) in [7, 11) is 0. The van der Waals surface area contributed by atoms with Gasteiger partial charge in [-0.1, -0.05) is 42.3 Å². The predicted octanol–water partition coefficient (Wildman–Crippen LogP) is 5.79. The Labute approximate surface area is 142 Å². The Bertz CT molecular complexity index is 613. The van der Waals surface area contributed by atoms with Crippen LogP contribution in [0.2, 0.25) is 10.0 Å². The van der Waals surface area contributed by atoms with Crippen LogP contribution >= 0.6 is 39.1 Å². The van der Waals surface area contributed by atoms with Crippen molar-refractivity contribution in [1.29, 1.82) is 0 Å². The Balaban J connectivity index is 2.33. The molecule has 0 amide bonds. The summed E-state index contributed by atoms with van der Waals surface area (Å²) in [6.45, 7) is 2.81. The van der Waals surface area contributed by atoms with Gasteiger partial charge in [0, 0.05) is 21.7 Å². The molecule has 2 rings (SSSR count). The highest BCUT2D eigenvalue weighted by molar-refractivity contribution is 9.10. The fourth-order valence-electron chi connectivity index (χ4n) is 2.27. The number of benzene rings is 2. The minimum Gasteiger partial charge on any atom is -0.310 e. The van der Waals surface area contributed by atoms with Gasteiger partial charge in [0.2, 0.25) is 0 Å². The molecule has 0 bridgehead atoms. The summed E-state index contributed by atoms with van der Waals surface area (Å²) in [4.78, 5) is 0. The third-order valence-corrected chi connectivity index (χ3v) is 4.49. The van der Waals surface area contributed by atoms with Gasteiger partial charge in [0.1, 0.15) is 5.82 Å². The van der Waals surface area contributed by atoms with Gasteiger partial charge in [0.25, 0.3) is 0 Å². The maximum atomic E-state index is 13.3. The molecule has 0 fully saturated rings. The van der Waals surface area contributed by atoms with E-state index in [-0.39, 0.29) is 11.9 Å². The van der Waals surface area contributed by atoms with E-state index in [1.54, 1.807) is 12.1 Å². The van der Waals surface area contributed by atoms with Crippen molar-refractivity contribution in [3.8, 4) is 0 Å². The third kappa shape index (κ3) is 4.19. The summed E-state index contributed by atoms with van der Waals surface area (Å²) >= 11 is 15.8. The number of hydrogen-bond donors (Lipinski definition) is 1. The number of likely N-dealkylation sites (N-methyl/N-ethyl adjacent to an activating group) is 1. The van der Waals surface area contributed by atoms with Crippen LogP contribution in [0.5, 0.6) is 0 Å². The Morgan fingerprint density at radius 2 is 1.86 bits per heavy atom. The summed E-state index contributed by atoms with van der Waals surface area (Å²) in [6.07, 6.45) is 0.677. The Hall–Kier alpha value is -0.610. The van der Waals surface area contributed by atoms with E-state index in [9.17, 15) is 4.39 Å². The van der Waals surface area contributed by atoms with Crippen molar-refractivity contribution in [2.75, 3.05) is 6.54 Å². The summed E-state index contributed by atoms with van der Waals surface area (Å²) in [5, 5.41) is 4.65. The van der Waals surface area contributed by atoms with Gasteiger partial charge in [-0.15, -0.1) is 0 Å². The molecule has 0 aliphatic carbocycles. The van der Waals surface area contributed by atoms with E-state index >= 15 is 0 Å². The maximum Gasteiger partial charge on any atom is 0.137 e. The van der Waals surface area contributed by atoms with E-state index in [0.29, 0.717) is 20.9 Å². The summed E-state index contributed by atoms with van der Waals surface area (Å²) in [6, 6.07) is 10.5. The highest BCUT2D eigenvalue weighted by atomic mass is 79.9. The molecule has 0 saturated carbocycles. The average molecular weight is 391 g/mol. The maximum absolute atomic E-state index is 13.3. The SMILES string of the molecule is CCNC(Cc1ccc(F)c(Br)c1)c1c(Cl)cccc1Cl. The van der Waals surface area contributed by atoms with Gasteiger partial charge in [0.15, 0.2) is 0 Å². The zero-order chi connectivity index (χ0) is 15.4. The molecule has 1 N–H and O–H groups in total. The Kier molecular flexibility index (Phi) is 6.06. The topological polar surface area (TPSA) is 12.0 Å². The van der Waals surface area contributed by atoms with Crippen LogP contribution in [0.15, 0.2) is 40.9 Å². The van der Waals surface area contributed by atoms with Crippen LogP contribution in [-0.4, -0.2) is 6.54 Å². The fourth-order valence-corrected chi connectivity index (χ4v) is 3.36. The smallest absolute Gasteiger partial charge is 0.137 e. The van der Waals surface area contributed by atoms with Crippen LogP contribution in [0.1, 0.15) is 24.1 Å². The second kappa shape index (κ2) is 7.59. The van der Waals surface area contributed by atoms with Crippen LogP contribution in [0, 0.1) is 5.82 Å². The van der Waals surface area contributed by atoms with E-state index in [1.807, 2.05) is 25.1 Å². The van der Waals surface area contributed by atoms with Gasteiger partial charge in [-0.05, 0) is 58.7 Å². The molecule has 0 saturated heterocycles. The van der Waals surface area contributed by atoms with E-state index in [0.717, 1.165) is 17.7 Å². The molecule has 2 aromatic carbocycles. The molecule has 0 heterocycles. The van der Waals surface area contributed by atoms with Crippen molar-refractivity contribution in [1.82, 2.24) is 5.32 Å². The van der Waals surface area contributed by atoms with Gasteiger partial charge in [-0.2, -0.15) is 0 Å². The summed E-state index contributed by atoms with van der Waals surface area (Å²) < 4.78 is 13.8. The second-order valence-corrected chi connectivity index (χ2v) is 6.37. The number of rotatable bonds is 5. The molecular formula is C16H15BrCl2FN. The van der Waals surface area contributed by atoms with Gasteiger partial charge in [-0.3, -0.25) is 0 Å². The number of nitrogens with one attached hydrogen (secondary N) is 1. The minimum absolute atomic E-state index is 0.0199. The van der Waals surface area contributed by atoms with Crippen LogP contribution in [0.3, 0.4) is 0 Å². The zero-order valence-electron chi connectivity index (χ0n) is 11.5. The monoisotopic (exact) mass is 389 g/mol. The Morgan fingerprint density at radius 1 is 1.19 bits per heavy atom. The van der Waals surface area contributed by atoms with Gasteiger partial charge in [-0.25, -0.2) is 4.39 Å². The number of halogens is 4. The van der Waals surface area contributed by atoms with Crippen LogP contribution in [0.25, 0.3) is 0 Å². The van der Waals surface area contributed by atoms with Crippen molar-refractivity contribution >= 4 is 39.1 Å². The molecule has 1 unspecified atom stereocenters. The normalized spacial score (nSPS) is 12.4. The quantitative estimate of drug-likeness (QED) is 0.681. The average Bonchev–Trinajstić information content (AvgIpc) is 2.43. The van der Waals surface area contributed by atoms with E-state index in [4.69, 9.17) is 23.2 Å². The molecule has 0 aromatic heterocycles. The van der Waals surface area contributed by atoms with Gasteiger partial charge < -0.3 is 5.32 Å². The molecule has 1 nitrogen and oxygen atoms in total. The molecule has 1 atom stereocenters. The van der Waals surface area contributed by atoms with Crippen molar-refractivity contribution in [2.45, 2.75) is 19.4 Å². The molecule has 0 aliphatic rings. The lowest BCUT2D eigenvalue weighted by Gasteiger charge is -2.21. The largest absolute Gasteiger partial charge is 0.310 e. The first-order valence-corrected chi connectivity index (χ1v) is 8.19. The van der Waals surface area contributed by atoms with Crippen LogP contribution < -0.4 is 5.32 Å². The Morgan fingerprint density at radius 3 is 2.43 bits per heavy atom. The van der Waals surface area contributed by atoms with Gasteiger partial charge in [0.05, 0.1) is 4.47 Å². The molecular weight excluding hydrogens is 376 g/mol. The standard InChI is InChI=1S/C16H15BrCl2FN/c1-2-21-15(16-12(18)4-3-5-13(16)19)9-10-6-7-14(20)11(17)8-10/h3-8,15,21H,2,9H2,1H3. The van der Waals surface area contributed by atoms with E-state index < -0.39 is 0 Å². The molecule has 21 heavy (non-hydrogen) atoms. The van der Waals surface area contributed by atoms with Crippen molar-refractivity contribution in [3.05, 3.63) is 67.9 Å². The highest BCUT2D eigenvalue weighted by Gasteiger charge is 2.18. The van der Waals surface area contributed by atoms with Crippen molar-refractivity contribution in [2.24, 2.45) is 0 Å². The first-order chi connectivity index (χ1) is 10.0. The molecule has 0 radical (unpaired) electrons. The lowest BCUT2D eigenvalue weighted by molar-refractivity contribution is 0.548. The van der Waals surface area contributed by atoms with Crippen LogP contribution in [-0.2, 0) is 6.42 Å². The zero-order valence-corrected chi connectivity index (χ0v) is 14.6. The second-order valence-electron chi connectivity index (χ2n) is 4.70. The van der Waals surface area contributed by atoms with E-state index in [2.05, 4.69) is 21.2 Å². The molecule has 0 aliphatic heterocycles. The third-order valence-electron chi connectivity index (χ3n) is 3.22. The molecule has 0 spiro atoms. The lowest BCUT2D eigenvalue weighted by atomic mass is 9.98. The highest BCUT2D eigenvalue weighted by Crippen LogP contribution is 2.32. The fraction of sp³-hybridized carbons (Fsp3) is 0.250. The van der Waals surface area contributed by atoms with Crippen molar-refractivity contribution < 1.29 is 4.39 Å². The number of hydrogen-bond acceptors (Lipinski definition) is 1. The molecule has 5 heteroatoms. The molecule has 2 aromatic rings. The first kappa shape index (κ1) is 16.8. The first-order valence-electron chi connectivity index (χ1n) is 6.64. The van der Waals surface area contributed by atoms with E-state index in [1.165, 1.54) is 6.07 Å². The summed E-state index contributed by atoms with van der Waals surface area (Å²) in [5.41, 5.74) is 1.88. The molecule has 112 valence electrons. The minimum atomic E-state index is -0.269. The predicted molar refractivity (Wildman–Crippen MR) is 90.7 cm³/mol.